The molecule has 6 heteroatoms. The highest BCUT2D eigenvalue weighted by Gasteiger charge is 2.50. The number of rotatable bonds is 5. The molecule has 1 aliphatic carbocycles. The van der Waals surface area contributed by atoms with Gasteiger partial charge in [0.05, 0.1) is 4.90 Å². The average Bonchev–Trinajstić information content (AvgIpc) is 2.87. The summed E-state index contributed by atoms with van der Waals surface area (Å²) in [5.74, 6) is 0.198. The molecule has 17 heavy (non-hydrogen) atoms. The number of hydrogen-bond acceptors (Lipinski definition) is 2. The van der Waals surface area contributed by atoms with Crippen LogP contribution in [0.4, 0.5) is 0 Å². The highest BCUT2D eigenvalue weighted by atomic mass is 35.5. The minimum Gasteiger partial charge on any atom is -0.211 e. The van der Waals surface area contributed by atoms with Crippen LogP contribution in [0.15, 0.2) is 35.2 Å². The predicted octanol–water partition coefficient (Wildman–Crippen LogP) is 2.55. The third kappa shape index (κ3) is 3.35. The molecule has 2 rings (SSSR count). The third-order valence-electron chi connectivity index (χ3n) is 2.79. The number of halogens is 2. The van der Waals surface area contributed by atoms with Gasteiger partial charge >= 0.3 is 0 Å². The second kappa shape index (κ2) is 4.76. The van der Waals surface area contributed by atoms with Crippen molar-refractivity contribution in [2.75, 3.05) is 6.54 Å². The lowest BCUT2D eigenvalue weighted by Crippen LogP contribution is -2.25. The van der Waals surface area contributed by atoms with Gasteiger partial charge in [-0.2, -0.15) is 0 Å². The second-order valence-electron chi connectivity index (χ2n) is 4.16. The maximum Gasteiger partial charge on any atom is 0.240 e. The lowest BCUT2D eigenvalue weighted by Gasteiger charge is -2.06. The molecule has 0 heterocycles. The summed E-state index contributed by atoms with van der Waals surface area (Å²) in [6, 6.07) is 8.29. The number of hydrogen-bond donors (Lipinski definition) is 1. The summed E-state index contributed by atoms with van der Waals surface area (Å²) >= 11 is 11.7. The first-order valence-corrected chi connectivity index (χ1v) is 7.58. The fourth-order valence-corrected chi connectivity index (χ4v) is 3.29. The number of alkyl halides is 2. The Bertz CT molecular complexity index is 487. The quantitative estimate of drug-likeness (QED) is 0.848. The molecule has 1 saturated carbocycles. The van der Waals surface area contributed by atoms with Gasteiger partial charge in [-0.1, -0.05) is 18.2 Å². The van der Waals surface area contributed by atoms with Crippen molar-refractivity contribution in [3.05, 3.63) is 30.3 Å². The van der Waals surface area contributed by atoms with E-state index in [-0.39, 0.29) is 10.8 Å². The Morgan fingerprint density at radius 2 is 1.88 bits per heavy atom. The van der Waals surface area contributed by atoms with Gasteiger partial charge in [0, 0.05) is 6.54 Å². The van der Waals surface area contributed by atoms with Crippen LogP contribution in [-0.2, 0) is 10.0 Å². The van der Waals surface area contributed by atoms with Gasteiger partial charge in [0.25, 0.3) is 0 Å². The van der Waals surface area contributed by atoms with E-state index in [0.717, 1.165) is 6.42 Å². The fraction of sp³-hybridized carbons (Fsp3) is 0.455. The van der Waals surface area contributed by atoms with Gasteiger partial charge in [-0.3, -0.25) is 0 Å². The van der Waals surface area contributed by atoms with Gasteiger partial charge in [0.2, 0.25) is 10.0 Å². The van der Waals surface area contributed by atoms with E-state index in [1.165, 1.54) is 0 Å². The molecule has 0 amide bonds. The van der Waals surface area contributed by atoms with Gasteiger partial charge in [0.1, 0.15) is 4.33 Å². The first-order valence-electron chi connectivity index (χ1n) is 5.34. The Kier molecular flexibility index (Phi) is 3.69. The molecule has 1 aromatic carbocycles. The van der Waals surface area contributed by atoms with Crippen molar-refractivity contribution in [2.45, 2.75) is 22.1 Å². The summed E-state index contributed by atoms with van der Waals surface area (Å²) in [5.41, 5.74) is 0. The van der Waals surface area contributed by atoms with E-state index >= 15 is 0 Å². The van der Waals surface area contributed by atoms with Crippen molar-refractivity contribution in [3.63, 3.8) is 0 Å². The lowest BCUT2D eigenvalue weighted by atomic mass is 10.3. The molecule has 3 nitrogen and oxygen atoms in total. The molecule has 1 aromatic rings. The van der Waals surface area contributed by atoms with Gasteiger partial charge in [-0.05, 0) is 30.9 Å². The van der Waals surface area contributed by atoms with E-state index in [0.29, 0.717) is 13.0 Å². The zero-order chi connectivity index (χ0) is 12.5. The first kappa shape index (κ1) is 13.1. The molecule has 0 bridgehead atoms. The van der Waals surface area contributed by atoms with Gasteiger partial charge in [-0.15, -0.1) is 23.2 Å². The fourth-order valence-electron chi connectivity index (χ4n) is 1.63. The molecule has 0 spiro atoms. The lowest BCUT2D eigenvalue weighted by molar-refractivity contribution is 0.575. The summed E-state index contributed by atoms with van der Waals surface area (Å²) in [4.78, 5) is 0.277. The van der Waals surface area contributed by atoms with E-state index in [1.807, 2.05) is 0 Å². The van der Waals surface area contributed by atoms with Crippen molar-refractivity contribution >= 4 is 33.2 Å². The monoisotopic (exact) mass is 293 g/mol. The molecule has 1 atom stereocenters. The van der Waals surface area contributed by atoms with Crippen LogP contribution in [0.2, 0.25) is 0 Å². The second-order valence-corrected chi connectivity index (χ2v) is 7.47. The summed E-state index contributed by atoms with van der Waals surface area (Å²) in [5, 5.41) is 0. The van der Waals surface area contributed by atoms with Crippen molar-refractivity contribution in [2.24, 2.45) is 5.92 Å². The molecule has 0 radical (unpaired) electrons. The molecule has 1 fully saturated rings. The standard InChI is InChI=1S/C11H13Cl2NO2S/c12-11(13)8-9(11)6-7-14-17(15,16)10-4-2-1-3-5-10/h1-5,9,14H,6-8H2/t9-/m0/s1. The van der Waals surface area contributed by atoms with Crippen LogP contribution in [0, 0.1) is 5.92 Å². The zero-order valence-electron chi connectivity index (χ0n) is 9.07. The Balaban J connectivity index is 1.87. The average molecular weight is 294 g/mol. The highest BCUT2D eigenvalue weighted by Crippen LogP contribution is 2.54. The molecule has 0 unspecified atom stereocenters. The third-order valence-corrected chi connectivity index (χ3v) is 5.20. The zero-order valence-corrected chi connectivity index (χ0v) is 11.4. The smallest absolute Gasteiger partial charge is 0.211 e. The minimum atomic E-state index is -3.40. The molecule has 1 N–H and O–H groups in total. The molecule has 0 aliphatic heterocycles. The summed E-state index contributed by atoms with van der Waals surface area (Å²) in [6.45, 7) is 0.364. The summed E-state index contributed by atoms with van der Waals surface area (Å²) in [6.07, 6.45) is 1.40. The molecule has 94 valence electrons. The SMILES string of the molecule is O=S(=O)(NCC[C@H]1CC1(Cl)Cl)c1ccccc1. The molecule has 0 aromatic heterocycles. The van der Waals surface area contributed by atoms with Crippen LogP contribution in [0.25, 0.3) is 0 Å². The van der Waals surface area contributed by atoms with Crippen molar-refractivity contribution in [1.82, 2.24) is 4.72 Å². The van der Waals surface area contributed by atoms with Gasteiger partial charge in [0.15, 0.2) is 0 Å². The largest absolute Gasteiger partial charge is 0.240 e. The van der Waals surface area contributed by atoms with E-state index in [4.69, 9.17) is 23.2 Å². The Labute approximate surface area is 111 Å². The Hall–Kier alpha value is -0.290. The van der Waals surface area contributed by atoms with Crippen LogP contribution in [0.1, 0.15) is 12.8 Å². The maximum absolute atomic E-state index is 11.8. The van der Waals surface area contributed by atoms with Crippen LogP contribution >= 0.6 is 23.2 Å². The Morgan fingerprint density at radius 3 is 2.41 bits per heavy atom. The predicted molar refractivity (Wildman–Crippen MR) is 68.8 cm³/mol. The van der Waals surface area contributed by atoms with Gasteiger partial charge < -0.3 is 0 Å². The highest BCUT2D eigenvalue weighted by molar-refractivity contribution is 7.89. The number of nitrogens with one attached hydrogen (secondary N) is 1. The number of benzene rings is 1. The van der Waals surface area contributed by atoms with E-state index in [2.05, 4.69) is 4.72 Å². The van der Waals surface area contributed by atoms with Gasteiger partial charge in [-0.25, -0.2) is 13.1 Å². The van der Waals surface area contributed by atoms with Crippen molar-refractivity contribution < 1.29 is 8.42 Å². The number of sulfonamides is 1. The van der Waals surface area contributed by atoms with Crippen LogP contribution < -0.4 is 4.72 Å². The minimum absolute atomic E-state index is 0.198. The van der Waals surface area contributed by atoms with Crippen LogP contribution in [-0.4, -0.2) is 19.3 Å². The first-order chi connectivity index (χ1) is 7.92. The maximum atomic E-state index is 11.8. The van der Waals surface area contributed by atoms with Crippen molar-refractivity contribution in [1.29, 1.82) is 0 Å². The van der Waals surface area contributed by atoms with Crippen molar-refractivity contribution in [3.8, 4) is 0 Å². The van der Waals surface area contributed by atoms with E-state index < -0.39 is 14.4 Å². The molecule has 0 saturated heterocycles. The summed E-state index contributed by atoms with van der Waals surface area (Å²) in [7, 11) is -3.40. The molecular formula is C11H13Cl2NO2S. The summed E-state index contributed by atoms with van der Waals surface area (Å²) < 4.78 is 25.5. The normalized spacial score (nSPS) is 22.4. The van der Waals surface area contributed by atoms with E-state index in [9.17, 15) is 8.42 Å². The molecular weight excluding hydrogens is 281 g/mol. The van der Waals surface area contributed by atoms with Crippen LogP contribution in [0.5, 0.6) is 0 Å². The molecule has 1 aliphatic rings. The van der Waals surface area contributed by atoms with E-state index in [1.54, 1.807) is 30.3 Å². The Morgan fingerprint density at radius 1 is 1.29 bits per heavy atom. The topological polar surface area (TPSA) is 46.2 Å². The van der Waals surface area contributed by atoms with Crippen LogP contribution in [0.3, 0.4) is 0 Å².